The van der Waals surface area contributed by atoms with Gasteiger partial charge in [-0.2, -0.15) is 0 Å². The van der Waals surface area contributed by atoms with E-state index in [0.717, 1.165) is 28.2 Å². The van der Waals surface area contributed by atoms with Crippen molar-refractivity contribution >= 4 is 43.7 Å². The molecule has 0 fully saturated rings. The van der Waals surface area contributed by atoms with Gasteiger partial charge in [0, 0.05) is 17.8 Å². The summed E-state index contributed by atoms with van der Waals surface area (Å²) < 4.78 is 27.4. The van der Waals surface area contributed by atoms with Crippen molar-refractivity contribution in [3.63, 3.8) is 0 Å². The van der Waals surface area contributed by atoms with E-state index in [1.54, 1.807) is 6.07 Å². The molecule has 0 aliphatic rings. The maximum Gasteiger partial charge on any atom is 0.210 e. The van der Waals surface area contributed by atoms with Crippen LogP contribution in [0.4, 0.5) is 13.9 Å². The molecule has 0 spiro atoms. The Hall–Kier alpha value is -2.86. The molecular weight excluding hydrogens is 330 g/mol. The van der Waals surface area contributed by atoms with Crippen LogP contribution in [-0.4, -0.2) is 16.3 Å². The predicted molar refractivity (Wildman–Crippen MR) is 92.4 cm³/mol. The smallest absolute Gasteiger partial charge is 0.210 e. The van der Waals surface area contributed by atoms with E-state index in [1.165, 1.54) is 12.3 Å². The second kappa shape index (κ2) is 5.65. The Bertz CT molecular complexity index is 1110. The van der Waals surface area contributed by atoms with Crippen molar-refractivity contribution in [1.82, 2.24) is 4.98 Å². The largest absolute Gasteiger partial charge is 0.507 e. The number of benzene rings is 3. The normalized spacial score (nSPS) is 11.8. The molecule has 0 saturated carbocycles. The van der Waals surface area contributed by atoms with Crippen LogP contribution >= 0.6 is 11.3 Å². The number of phenolic OH excluding ortho intramolecular Hbond substituents is 1. The lowest BCUT2D eigenvalue weighted by Gasteiger charge is -2.03. The molecule has 0 radical (unpaired) electrons. The first kappa shape index (κ1) is 14.7. The van der Waals surface area contributed by atoms with Crippen molar-refractivity contribution in [2.45, 2.75) is 0 Å². The summed E-state index contributed by atoms with van der Waals surface area (Å²) >= 11 is 1.09. The monoisotopic (exact) mass is 340 g/mol. The van der Waals surface area contributed by atoms with Crippen LogP contribution < -0.4 is 0 Å². The fourth-order valence-electron chi connectivity index (χ4n) is 2.54. The van der Waals surface area contributed by atoms with Crippen molar-refractivity contribution < 1.29 is 13.9 Å². The second-order valence-electron chi connectivity index (χ2n) is 5.21. The first-order valence-electron chi connectivity index (χ1n) is 7.12. The number of hydrogen-bond donors (Lipinski definition) is 1. The first-order chi connectivity index (χ1) is 11.6. The van der Waals surface area contributed by atoms with Crippen molar-refractivity contribution in [3.05, 3.63) is 65.7 Å². The number of thiazole rings is 1. The van der Waals surface area contributed by atoms with E-state index in [0.29, 0.717) is 15.4 Å². The molecule has 0 aliphatic heterocycles. The maximum absolute atomic E-state index is 13.7. The quantitative estimate of drug-likeness (QED) is 0.511. The summed E-state index contributed by atoms with van der Waals surface area (Å²) in [7, 11) is 0. The van der Waals surface area contributed by atoms with Crippen LogP contribution in [0.2, 0.25) is 0 Å². The molecule has 118 valence electrons. The lowest BCUT2D eigenvalue weighted by atomic mass is 10.0. The van der Waals surface area contributed by atoms with Crippen LogP contribution in [0.25, 0.3) is 21.0 Å². The van der Waals surface area contributed by atoms with Crippen molar-refractivity contribution in [3.8, 4) is 5.75 Å². The molecule has 1 heterocycles. The van der Waals surface area contributed by atoms with Crippen LogP contribution in [0.1, 0.15) is 5.56 Å². The number of fused-ring (bicyclic) bond motifs is 2. The number of phenols is 1. The number of hydrogen-bond acceptors (Lipinski definition) is 4. The Morgan fingerprint density at radius 1 is 1.08 bits per heavy atom. The molecule has 4 aromatic rings. The summed E-state index contributed by atoms with van der Waals surface area (Å²) in [4.78, 5) is 8.30. The van der Waals surface area contributed by atoms with Gasteiger partial charge in [-0.1, -0.05) is 41.7 Å². The third-order valence-corrected chi connectivity index (χ3v) is 4.56. The summed E-state index contributed by atoms with van der Waals surface area (Å²) in [6.07, 6.45) is 1.49. The Morgan fingerprint density at radius 3 is 2.79 bits per heavy atom. The molecule has 6 heteroatoms. The summed E-state index contributed by atoms with van der Waals surface area (Å²) in [5, 5.41) is 12.2. The average Bonchev–Trinajstić information content (AvgIpc) is 2.97. The Kier molecular flexibility index (Phi) is 3.46. The molecule has 3 nitrogen and oxygen atoms in total. The molecular formula is C18H10F2N2OS. The standard InChI is InChI=1S/C18H10F2N2OS/c19-11-7-14(20)17-16(8-11)24-18(22-17)21-9-13-12-4-2-1-3-10(12)5-6-15(13)23/h1-9,23H. The van der Waals surface area contributed by atoms with E-state index < -0.39 is 11.6 Å². The third kappa shape index (κ3) is 2.51. The van der Waals surface area contributed by atoms with Crippen LogP contribution in [0.5, 0.6) is 5.75 Å². The fourth-order valence-corrected chi connectivity index (χ4v) is 3.39. The second-order valence-corrected chi connectivity index (χ2v) is 6.22. The first-order valence-corrected chi connectivity index (χ1v) is 7.94. The van der Waals surface area contributed by atoms with E-state index >= 15 is 0 Å². The molecule has 0 bridgehead atoms. The molecule has 0 saturated heterocycles. The van der Waals surface area contributed by atoms with E-state index in [9.17, 15) is 13.9 Å². The van der Waals surface area contributed by atoms with Gasteiger partial charge in [-0.25, -0.2) is 18.8 Å². The average molecular weight is 340 g/mol. The highest BCUT2D eigenvalue weighted by atomic mass is 32.1. The number of halogens is 2. The number of nitrogens with zero attached hydrogens (tertiary/aromatic N) is 2. The third-order valence-electron chi connectivity index (χ3n) is 3.65. The minimum absolute atomic E-state index is 0.0932. The molecule has 3 aromatic carbocycles. The number of aromatic hydroxyl groups is 1. The van der Waals surface area contributed by atoms with Crippen LogP contribution in [0, 0.1) is 11.6 Å². The van der Waals surface area contributed by atoms with E-state index in [1.807, 2.05) is 30.3 Å². The molecule has 1 N–H and O–H groups in total. The molecule has 4 rings (SSSR count). The topological polar surface area (TPSA) is 45.5 Å². The Labute approximate surface area is 139 Å². The highest BCUT2D eigenvalue weighted by Crippen LogP contribution is 2.31. The van der Waals surface area contributed by atoms with Crippen molar-refractivity contribution in [2.75, 3.05) is 0 Å². The number of aliphatic imine (C=N–C) groups is 1. The van der Waals surface area contributed by atoms with Gasteiger partial charge in [0.25, 0.3) is 0 Å². The SMILES string of the molecule is Oc1ccc2ccccc2c1C=Nc1nc2c(F)cc(F)cc2s1. The minimum atomic E-state index is -0.712. The van der Waals surface area contributed by atoms with Crippen LogP contribution in [0.3, 0.4) is 0 Å². The highest BCUT2D eigenvalue weighted by molar-refractivity contribution is 7.22. The van der Waals surface area contributed by atoms with Gasteiger partial charge in [0.05, 0.1) is 4.70 Å². The van der Waals surface area contributed by atoms with Gasteiger partial charge in [0.15, 0.2) is 5.82 Å². The van der Waals surface area contributed by atoms with Gasteiger partial charge in [0.2, 0.25) is 5.13 Å². The zero-order valence-electron chi connectivity index (χ0n) is 12.2. The van der Waals surface area contributed by atoms with E-state index in [-0.39, 0.29) is 11.3 Å². The molecule has 0 amide bonds. The zero-order valence-corrected chi connectivity index (χ0v) is 13.0. The highest BCUT2D eigenvalue weighted by Gasteiger charge is 2.10. The molecule has 24 heavy (non-hydrogen) atoms. The van der Waals surface area contributed by atoms with Gasteiger partial charge in [0.1, 0.15) is 17.1 Å². The number of rotatable bonds is 2. The lowest BCUT2D eigenvalue weighted by Crippen LogP contribution is -1.85. The van der Waals surface area contributed by atoms with Crippen LogP contribution in [0.15, 0.2) is 53.5 Å². The maximum atomic E-state index is 13.7. The summed E-state index contributed by atoms with van der Waals surface area (Å²) in [6.45, 7) is 0. The zero-order chi connectivity index (χ0) is 16.7. The number of aromatic nitrogens is 1. The molecule has 0 unspecified atom stereocenters. The molecule has 0 atom stereocenters. The predicted octanol–water partition coefficient (Wildman–Crippen LogP) is 5.18. The van der Waals surface area contributed by atoms with E-state index in [4.69, 9.17) is 0 Å². The van der Waals surface area contributed by atoms with Gasteiger partial charge in [-0.15, -0.1) is 0 Å². The molecule has 0 aliphatic carbocycles. The van der Waals surface area contributed by atoms with Gasteiger partial charge in [-0.05, 0) is 22.9 Å². The summed E-state index contributed by atoms with van der Waals surface area (Å²) in [6, 6.07) is 13.0. The van der Waals surface area contributed by atoms with Crippen molar-refractivity contribution in [1.29, 1.82) is 0 Å². The summed E-state index contributed by atoms with van der Waals surface area (Å²) in [5.74, 6) is -1.27. The van der Waals surface area contributed by atoms with Crippen molar-refractivity contribution in [2.24, 2.45) is 4.99 Å². The van der Waals surface area contributed by atoms with E-state index in [2.05, 4.69) is 9.98 Å². The summed E-state index contributed by atoms with van der Waals surface area (Å²) in [5.41, 5.74) is 0.648. The van der Waals surface area contributed by atoms with Crippen LogP contribution in [-0.2, 0) is 0 Å². The van der Waals surface area contributed by atoms with Gasteiger partial charge in [-0.3, -0.25) is 0 Å². The van der Waals surface area contributed by atoms with Gasteiger partial charge < -0.3 is 5.11 Å². The fraction of sp³-hybridized carbons (Fsp3) is 0. The Morgan fingerprint density at radius 2 is 1.92 bits per heavy atom. The minimum Gasteiger partial charge on any atom is -0.507 e. The molecule has 1 aromatic heterocycles. The Balaban J connectivity index is 1.81. The van der Waals surface area contributed by atoms with Gasteiger partial charge >= 0.3 is 0 Å². The lowest BCUT2D eigenvalue weighted by molar-refractivity contribution is 0.475.